The Bertz CT molecular complexity index is 594. The van der Waals surface area contributed by atoms with Crippen molar-refractivity contribution in [3.63, 3.8) is 0 Å². The molecule has 140 valence electrons. The van der Waals surface area contributed by atoms with Crippen LogP contribution in [0.4, 0.5) is 0 Å². The Kier molecular flexibility index (Phi) is 9.61. The van der Waals surface area contributed by atoms with Gasteiger partial charge < -0.3 is 14.9 Å². The number of halogens is 1. The summed E-state index contributed by atoms with van der Waals surface area (Å²) in [5.41, 5.74) is 0.687. The fraction of sp³-hybridized carbons (Fsp3) is 0.550. The smallest absolute Gasteiger partial charge is 0.154 e. The Balaban J connectivity index is 2.42. The van der Waals surface area contributed by atoms with Crippen molar-refractivity contribution in [3.8, 4) is 11.5 Å². The van der Waals surface area contributed by atoms with E-state index in [0.29, 0.717) is 17.8 Å². The number of allylic oxidation sites excluding steroid dienone is 1. The normalized spacial score (nSPS) is 11.6. The molecule has 0 bridgehead atoms. The number of ether oxygens (including phenoxy) is 1. The van der Waals surface area contributed by atoms with Crippen LogP contribution in [0.3, 0.4) is 0 Å². The van der Waals surface area contributed by atoms with Gasteiger partial charge in [-0.25, -0.2) is 0 Å². The minimum atomic E-state index is -0.229. The molecule has 0 atom stereocenters. The van der Waals surface area contributed by atoms with Crippen molar-refractivity contribution < 1.29 is 19.7 Å². The van der Waals surface area contributed by atoms with Crippen molar-refractivity contribution in [1.29, 1.82) is 0 Å². The molecule has 1 rings (SSSR count). The summed E-state index contributed by atoms with van der Waals surface area (Å²) in [7, 11) is 0. The van der Waals surface area contributed by atoms with Crippen LogP contribution in [0.15, 0.2) is 6.08 Å². The predicted molar refractivity (Wildman–Crippen MR) is 103 cm³/mol. The summed E-state index contributed by atoms with van der Waals surface area (Å²) in [5.74, 6) is 0.154. The quantitative estimate of drug-likeness (QED) is 0.399. The molecule has 0 aliphatic carbocycles. The number of unbranched alkanes of at least 4 members (excludes halogenated alkanes) is 4. The Morgan fingerprint density at radius 2 is 1.76 bits per heavy atom. The number of hydrogen-bond acceptors (Lipinski definition) is 4. The number of aromatic hydroxyl groups is 2. The van der Waals surface area contributed by atoms with Gasteiger partial charge in [-0.3, -0.25) is 4.79 Å². The summed E-state index contributed by atoms with van der Waals surface area (Å²) in [6, 6.07) is 0. The highest BCUT2D eigenvalue weighted by Gasteiger charge is 2.18. The molecule has 4 nitrogen and oxygen atoms in total. The summed E-state index contributed by atoms with van der Waals surface area (Å²) in [6.45, 7) is 7.50. The summed E-state index contributed by atoms with van der Waals surface area (Å²) >= 11 is 6.02. The third kappa shape index (κ3) is 6.71. The maximum absolute atomic E-state index is 11.1. The molecule has 0 saturated heterocycles. The average Bonchev–Trinajstić information content (AvgIpc) is 2.57. The second kappa shape index (κ2) is 11.2. The molecule has 2 N–H and O–H groups in total. The average molecular weight is 369 g/mol. The molecule has 0 aliphatic rings. The van der Waals surface area contributed by atoms with Crippen molar-refractivity contribution in [2.24, 2.45) is 5.92 Å². The molecular formula is C20H29ClO4. The molecular weight excluding hydrogens is 340 g/mol. The van der Waals surface area contributed by atoms with Gasteiger partial charge in [-0.15, -0.1) is 0 Å². The number of carbonyl (C=O) groups excluding carboxylic acids is 1. The van der Waals surface area contributed by atoms with E-state index in [0.717, 1.165) is 45.3 Å². The maximum atomic E-state index is 11.1. The van der Waals surface area contributed by atoms with Crippen LogP contribution in [0.2, 0.25) is 5.02 Å². The van der Waals surface area contributed by atoms with Gasteiger partial charge in [0.1, 0.15) is 11.5 Å². The van der Waals surface area contributed by atoms with Crippen LogP contribution in [0.25, 0.3) is 6.08 Å². The molecule has 0 fully saturated rings. The third-order valence-corrected chi connectivity index (χ3v) is 4.43. The van der Waals surface area contributed by atoms with Crippen molar-refractivity contribution in [2.75, 3.05) is 13.2 Å². The molecule has 0 saturated carbocycles. The molecule has 1 aromatic carbocycles. The minimum absolute atomic E-state index is 0.0981. The first-order valence-electron chi connectivity index (χ1n) is 8.83. The van der Waals surface area contributed by atoms with E-state index >= 15 is 0 Å². The van der Waals surface area contributed by atoms with Crippen LogP contribution in [-0.4, -0.2) is 29.7 Å². The Labute approximate surface area is 155 Å². The molecule has 0 amide bonds. The van der Waals surface area contributed by atoms with Crippen molar-refractivity contribution in [2.45, 2.75) is 52.9 Å². The van der Waals surface area contributed by atoms with E-state index in [1.165, 1.54) is 0 Å². The number of aldehydes is 1. The highest BCUT2D eigenvalue weighted by Crippen LogP contribution is 2.40. The van der Waals surface area contributed by atoms with E-state index in [9.17, 15) is 15.0 Å². The van der Waals surface area contributed by atoms with Gasteiger partial charge in [0.15, 0.2) is 6.29 Å². The second-order valence-electron chi connectivity index (χ2n) is 6.66. The van der Waals surface area contributed by atoms with E-state index in [2.05, 4.69) is 13.8 Å². The van der Waals surface area contributed by atoms with Crippen molar-refractivity contribution >= 4 is 24.0 Å². The van der Waals surface area contributed by atoms with Gasteiger partial charge in [0, 0.05) is 13.2 Å². The first kappa shape index (κ1) is 21.5. The molecule has 25 heavy (non-hydrogen) atoms. The van der Waals surface area contributed by atoms with E-state index in [1.54, 1.807) is 13.0 Å². The van der Waals surface area contributed by atoms with Gasteiger partial charge in [0.25, 0.3) is 0 Å². The number of phenols is 2. The van der Waals surface area contributed by atoms with Crippen molar-refractivity contribution in [1.82, 2.24) is 0 Å². The fourth-order valence-corrected chi connectivity index (χ4v) is 2.69. The zero-order valence-corrected chi connectivity index (χ0v) is 16.1. The molecule has 0 spiro atoms. The number of rotatable bonds is 11. The van der Waals surface area contributed by atoms with Gasteiger partial charge in [-0.05, 0) is 37.7 Å². The third-order valence-electron chi connectivity index (χ3n) is 3.97. The lowest BCUT2D eigenvalue weighted by Crippen LogP contribution is -2.02. The lowest BCUT2D eigenvalue weighted by Gasteiger charge is -2.11. The molecule has 0 unspecified atom stereocenters. The van der Waals surface area contributed by atoms with Crippen molar-refractivity contribution in [3.05, 3.63) is 27.8 Å². The number of hydrogen-bond donors (Lipinski definition) is 2. The molecule has 0 heterocycles. The van der Waals surface area contributed by atoms with E-state index in [1.807, 2.05) is 6.08 Å². The largest absolute Gasteiger partial charge is 0.506 e. The van der Waals surface area contributed by atoms with E-state index < -0.39 is 0 Å². The van der Waals surface area contributed by atoms with Gasteiger partial charge >= 0.3 is 0 Å². The van der Waals surface area contributed by atoms with Gasteiger partial charge in [-0.1, -0.05) is 50.4 Å². The monoisotopic (exact) mass is 368 g/mol. The van der Waals surface area contributed by atoms with Gasteiger partial charge in [-0.2, -0.15) is 0 Å². The van der Waals surface area contributed by atoms with Crippen LogP contribution in [0.1, 0.15) is 67.4 Å². The first-order chi connectivity index (χ1) is 11.9. The first-order valence-corrected chi connectivity index (χ1v) is 9.21. The summed E-state index contributed by atoms with van der Waals surface area (Å²) in [4.78, 5) is 11.1. The standard InChI is InChI=1S/C20H29ClO4/c1-14(2)13-25-11-9-7-5-4-6-8-10-16-19(23)17(12-22)15(3)18(21)20(16)24/h8,10,12,14,23-24H,4-7,9,11,13H2,1-3H3/b10-8+. The van der Waals surface area contributed by atoms with E-state index in [4.69, 9.17) is 16.3 Å². The summed E-state index contributed by atoms with van der Waals surface area (Å²) in [5, 5.41) is 20.3. The second-order valence-corrected chi connectivity index (χ2v) is 7.03. The summed E-state index contributed by atoms with van der Waals surface area (Å²) in [6.07, 6.45) is 9.17. The molecule has 1 aromatic rings. The summed E-state index contributed by atoms with van der Waals surface area (Å²) < 4.78 is 5.54. The molecule has 0 aromatic heterocycles. The highest BCUT2D eigenvalue weighted by molar-refractivity contribution is 6.33. The van der Waals surface area contributed by atoms with Gasteiger partial charge in [0.2, 0.25) is 0 Å². The van der Waals surface area contributed by atoms with Crippen LogP contribution < -0.4 is 0 Å². The highest BCUT2D eigenvalue weighted by atomic mass is 35.5. The predicted octanol–water partition coefficient (Wildman–Crippen LogP) is 5.51. The number of benzene rings is 1. The number of carbonyl (C=O) groups is 1. The molecule has 0 aliphatic heterocycles. The van der Waals surface area contributed by atoms with Crippen LogP contribution in [0.5, 0.6) is 11.5 Å². The molecule has 5 heteroatoms. The minimum Gasteiger partial charge on any atom is -0.506 e. The zero-order valence-electron chi connectivity index (χ0n) is 15.3. The Morgan fingerprint density at radius 1 is 1.08 bits per heavy atom. The molecule has 0 radical (unpaired) electrons. The Hall–Kier alpha value is -1.52. The topological polar surface area (TPSA) is 66.8 Å². The number of phenolic OH excluding ortho intramolecular Hbond substituents is 2. The Morgan fingerprint density at radius 3 is 2.40 bits per heavy atom. The van der Waals surface area contributed by atoms with Crippen LogP contribution in [-0.2, 0) is 4.74 Å². The SMILES string of the molecule is Cc1c(Cl)c(O)c(/C=C/CCCCCCOCC(C)C)c(O)c1C=O. The fourth-order valence-electron chi connectivity index (χ4n) is 2.49. The van der Waals surface area contributed by atoms with E-state index in [-0.39, 0.29) is 27.6 Å². The maximum Gasteiger partial charge on any atom is 0.154 e. The zero-order chi connectivity index (χ0) is 18.8. The lowest BCUT2D eigenvalue weighted by atomic mass is 10.0. The van der Waals surface area contributed by atoms with Gasteiger partial charge in [0.05, 0.1) is 16.1 Å². The lowest BCUT2D eigenvalue weighted by molar-refractivity contribution is 0.106. The van der Waals surface area contributed by atoms with Crippen LogP contribution >= 0.6 is 11.6 Å². The van der Waals surface area contributed by atoms with Crippen LogP contribution in [0, 0.1) is 12.8 Å².